The zero-order valence-corrected chi connectivity index (χ0v) is 14.0. The number of hydrogen-bond acceptors (Lipinski definition) is 5. The van der Waals surface area contributed by atoms with Gasteiger partial charge in [-0.25, -0.2) is 4.79 Å². The van der Waals surface area contributed by atoms with Gasteiger partial charge in [0, 0.05) is 19.2 Å². The van der Waals surface area contributed by atoms with E-state index in [2.05, 4.69) is 6.92 Å². The second-order valence-corrected chi connectivity index (χ2v) is 5.94. The molecular weight excluding hydrogens is 310 g/mol. The number of amides is 1. The molecule has 0 unspecified atom stereocenters. The molecule has 1 amide bonds. The normalized spacial score (nSPS) is 15.5. The minimum atomic E-state index is -0.583. The van der Waals surface area contributed by atoms with Gasteiger partial charge in [-0.15, -0.1) is 0 Å². The summed E-state index contributed by atoms with van der Waals surface area (Å²) >= 11 is 0. The molecule has 6 heteroatoms. The van der Waals surface area contributed by atoms with Crippen LogP contribution in [0.4, 0.5) is 0 Å². The van der Waals surface area contributed by atoms with Crippen LogP contribution in [0, 0.1) is 5.92 Å². The Hall–Kier alpha value is -2.50. The molecule has 1 saturated heterocycles. The summed E-state index contributed by atoms with van der Waals surface area (Å²) in [5, 5.41) is 9.51. The SMILES string of the molecule is COc1cc(C=CC(=O)OCC(=O)N2CCC(C)CC2)ccc1O. The maximum atomic E-state index is 12.0. The van der Waals surface area contributed by atoms with Crippen LogP contribution in [-0.4, -0.2) is 48.7 Å². The summed E-state index contributed by atoms with van der Waals surface area (Å²) in [6.07, 6.45) is 4.76. The first-order valence-corrected chi connectivity index (χ1v) is 7.99. The Bertz CT molecular complexity index is 618. The fraction of sp³-hybridized carbons (Fsp3) is 0.444. The Kier molecular flexibility index (Phi) is 6.23. The van der Waals surface area contributed by atoms with E-state index in [0.717, 1.165) is 25.9 Å². The van der Waals surface area contributed by atoms with Crippen molar-refractivity contribution in [2.75, 3.05) is 26.8 Å². The summed E-state index contributed by atoms with van der Waals surface area (Å²) in [5.74, 6) is 0.247. The molecule has 0 saturated carbocycles. The third kappa shape index (κ3) is 5.01. The number of ether oxygens (including phenoxy) is 2. The quantitative estimate of drug-likeness (QED) is 0.660. The molecule has 1 aromatic rings. The molecule has 1 aliphatic heterocycles. The minimum absolute atomic E-state index is 0.0265. The summed E-state index contributed by atoms with van der Waals surface area (Å²) in [6, 6.07) is 4.71. The highest BCUT2D eigenvalue weighted by molar-refractivity contribution is 5.89. The van der Waals surface area contributed by atoms with E-state index >= 15 is 0 Å². The van der Waals surface area contributed by atoms with Gasteiger partial charge in [0.05, 0.1) is 7.11 Å². The van der Waals surface area contributed by atoms with Gasteiger partial charge in [0.25, 0.3) is 5.91 Å². The fourth-order valence-electron chi connectivity index (χ4n) is 2.49. The molecule has 1 heterocycles. The molecule has 0 spiro atoms. The molecule has 24 heavy (non-hydrogen) atoms. The summed E-state index contributed by atoms with van der Waals surface area (Å²) in [5.41, 5.74) is 0.679. The van der Waals surface area contributed by atoms with E-state index in [9.17, 15) is 14.7 Å². The maximum Gasteiger partial charge on any atom is 0.331 e. The summed E-state index contributed by atoms with van der Waals surface area (Å²) < 4.78 is 9.98. The Morgan fingerprint density at radius 2 is 2.04 bits per heavy atom. The highest BCUT2D eigenvalue weighted by atomic mass is 16.5. The molecule has 1 N–H and O–H groups in total. The van der Waals surface area contributed by atoms with Gasteiger partial charge >= 0.3 is 5.97 Å². The molecule has 1 aliphatic rings. The van der Waals surface area contributed by atoms with Crippen LogP contribution < -0.4 is 4.74 Å². The first-order chi connectivity index (χ1) is 11.5. The average Bonchev–Trinajstić information content (AvgIpc) is 2.59. The number of hydrogen-bond donors (Lipinski definition) is 1. The smallest absolute Gasteiger partial charge is 0.331 e. The predicted octanol–water partition coefficient (Wildman–Crippen LogP) is 2.22. The highest BCUT2D eigenvalue weighted by Crippen LogP contribution is 2.26. The number of likely N-dealkylation sites (tertiary alicyclic amines) is 1. The van der Waals surface area contributed by atoms with E-state index in [1.807, 2.05) is 0 Å². The third-order valence-corrected chi connectivity index (χ3v) is 4.09. The van der Waals surface area contributed by atoms with Crippen LogP contribution in [0.25, 0.3) is 6.08 Å². The van der Waals surface area contributed by atoms with Crippen molar-refractivity contribution >= 4 is 18.0 Å². The molecule has 6 nitrogen and oxygen atoms in total. The topological polar surface area (TPSA) is 76.1 Å². The molecule has 1 fully saturated rings. The highest BCUT2D eigenvalue weighted by Gasteiger charge is 2.20. The van der Waals surface area contributed by atoms with Crippen LogP contribution in [0.3, 0.4) is 0 Å². The van der Waals surface area contributed by atoms with Crippen LogP contribution in [0.1, 0.15) is 25.3 Å². The number of nitrogens with zero attached hydrogens (tertiary/aromatic N) is 1. The predicted molar refractivity (Wildman–Crippen MR) is 89.6 cm³/mol. The number of methoxy groups -OCH3 is 1. The number of carbonyl (C=O) groups excluding carboxylic acids is 2. The minimum Gasteiger partial charge on any atom is -0.504 e. The molecule has 0 aromatic heterocycles. The number of carbonyl (C=O) groups is 2. The molecular formula is C18H23NO5. The fourth-order valence-corrected chi connectivity index (χ4v) is 2.49. The van der Waals surface area contributed by atoms with Gasteiger partial charge in [0.1, 0.15) is 0 Å². The number of esters is 1. The molecule has 130 valence electrons. The van der Waals surface area contributed by atoms with E-state index in [4.69, 9.17) is 9.47 Å². The summed E-state index contributed by atoms with van der Waals surface area (Å²) in [7, 11) is 1.45. The van der Waals surface area contributed by atoms with E-state index in [1.54, 1.807) is 17.0 Å². The van der Waals surface area contributed by atoms with Crippen molar-refractivity contribution in [3.8, 4) is 11.5 Å². The second kappa shape index (κ2) is 8.38. The van der Waals surface area contributed by atoms with Gasteiger partial charge in [0.15, 0.2) is 18.1 Å². The third-order valence-electron chi connectivity index (χ3n) is 4.09. The van der Waals surface area contributed by atoms with Crippen LogP contribution in [0.15, 0.2) is 24.3 Å². The molecule has 0 aliphatic carbocycles. The molecule has 2 rings (SSSR count). The number of phenolic OH excluding ortho intramolecular Hbond substituents is 1. The maximum absolute atomic E-state index is 12.0. The number of rotatable bonds is 5. The van der Waals surface area contributed by atoms with Crippen LogP contribution in [0.2, 0.25) is 0 Å². The van der Waals surface area contributed by atoms with Crippen molar-refractivity contribution in [3.05, 3.63) is 29.8 Å². The van der Waals surface area contributed by atoms with Gasteiger partial charge < -0.3 is 19.5 Å². The van der Waals surface area contributed by atoms with Crippen molar-refractivity contribution in [3.63, 3.8) is 0 Å². The number of benzene rings is 1. The van der Waals surface area contributed by atoms with Gasteiger partial charge in [-0.05, 0) is 42.5 Å². The molecule has 0 atom stereocenters. The number of phenols is 1. The lowest BCUT2D eigenvalue weighted by molar-refractivity contribution is -0.148. The monoisotopic (exact) mass is 333 g/mol. The Balaban J connectivity index is 1.81. The van der Waals surface area contributed by atoms with Crippen LogP contribution >= 0.6 is 0 Å². The zero-order valence-electron chi connectivity index (χ0n) is 14.0. The van der Waals surface area contributed by atoms with E-state index < -0.39 is 5.97 Å². The summed E-state index contributed by atoms with van der Waals surface area (Å²) in [6.45, 7) is 3.38. The largest absolute Gasteiger partial charge is 0.504 e. The Morgan fingerprint density at radius 1 is 1.33 bits per heavy atom. The lowest BCUT2D eigenvalue weighted by atomic mass is 9.99. The number of aromatic hydroxyl groups is 1. The van der Waals surface area contributed by atoms with Gasteiger partial charge in [0.2, 0.25) is 0 Å². The summed E-state index contributed by atoms with van der Waals surface area (Å²) in [4.78, 5) is 25.4. The molecule has 0 bridgehead atoms. The van der Waals surface area contributed by atoms with Gasteiger partial charge in [-0.3, -0.25) is 4.79 Å². The molecule has 1 aromatic carbocycles. The van der Waals surface area contributed by atoms with Gasteiger partial charge in [-0.1, -0.05) is 13.0 Å². The van der Waals surface area contributed by atoms with Crippen molar-refractivity contribution in [1.29, 1.82) is 0 Å². The first-order valence-electron chi connectivity index (χ1n) is 7.99. The Labute approximate surface area is 141 Å². The van der Waals surface area contributed by atoms with E-state index in [0.29, 0.717) is 17.2 Å². The Morgan fingerprint density at radius 3 is 2.71 bits per heavy atom. The first kappa shape index (κ1) is 17.8. The van der Waals surface area contributed by atoms with E-state index in [1.165, 1.54) is 25.3 Å². The second-order valence-electron chi connectivity index (χ2n) is 5.94. The standard InChI is InChI=1S/C18H23NO5/c1-13-7-9-19(10-8-13)17(21)12-24-18(22)6-4-14-3-5-15(20)16(11-14)23-2/h3-6,11,13,20H,7-10,12H2,1-2H3. The average molecular weight is 333 g/mol. The van der Waals surface area contributed by atoms with E-state index in [-0.39, 0.29) is 18.3 Å². The van der Waals surface area contributed by atoms with Crippen molar-refractivity contribution in [2.24, 2.45) is 5.92 Å². The van der Waals surface area contributed by atoms with Crippen molar-refractivity contribution < 1.29 is 24.2 Å². The van der Waals surface area contributed by atoms with Crippen LogP contribution in [0.5, 0.6) is 11.5 Å². The van der Waals surface area contributed by atoms with Crippen LogP contribution in [-0.2, 0) is 14.3 Å². The van der Waals surface area contributed by atoms with Crippen molar-refractivity contribution in [1.82, 2.24) is 4.90 Å². The lowest BCUT2D eigenvalue weighted by Gasteiger charge is -2.30. The van der Waals surface area contributed by atoms with Crippen molar-refractivity contribution in [2.45, 2.75) is 19.8 Å². The molecule has 0 radical (unpaired) electrons. The number of piperidine rings is 1. The lowest BCUT2D eigenvalue weighted by Crippen LogP contribution is -2.40. The zero-order chi connectivity index (χ0) is 17.5. The van der Waals surface area contributed by atoms with Gasteiger partial charge in [-0.2, -0.15) is 0 Å².